The summed E-state index contributed by atoms with van der Waals surface area (Å²) in [4.78, 5) is 60.8. The molecule has 2 aromatic rings. The minimum absolute atomic E-state index is 0.0409. The predicted molar refractivity (Wildman–Crippen MR) is 192 cm³/mol. The van der Waals surface area contributed by atoms with Crippen LogP contribution >= 0.6 is 0 Å². The number of nitrogens with zero attached hydrogens (tertiary/aromatic N) is 3. The highest BCUT2D eigenvalue weighted by Crippen LogP contribution is 2.15. The van der Waals surface area contributed by atoms with Gasteiger partial charge in [-0.2, -0.15) is 0 Å². The van der Waals surface area contributed by atoms with E-state index in [1.165, 1.54) is 4.90 Å². The van der Waals surface area contributed by atoms with E-state index in [2.05, 4.69) is 32.8 Å². The van der Waals surface area contributed by atoms with E-state index < -0.39 is 29.9 Å². The number of rotatable bonds is 18. The topological polar surface area (TPSA) is 201 Å². The van der Waals surface area contributed by atoms with Crippen molar-refractivity contribution in [2.45, 2.75) is 83.6 Å². The second-order valence-electron chi connectivity index (χ2n) is 13.3. The maximum atomic E-state index is 13.8. The van der Waals surface area contributed by atoms with Gasteiger partial charge in [-0.15, -0.1) is 0 Å². The number of hydrogen-bond donors (Lipinski definition) is 6. The third-order valence-corrected chi connectivity index (χ3v) is 8.79. The minimum Gasteiger partial charge on any atom is -0.370 e. The number of hydrogen-bond acceptors (Lipinski definition) is 7. The highest BCUT2D eigenvalue weighted by Gasteiger charge is 2.30. The molecule has 1 aliphatic rings. The van der Waals surface area contributed by atoms with Gasteiger partial charge in [-0.25, -0.2) is 0 Å². The molecule has 4 atom stereocenters. The van der Waals surface area contributed by atoms with Crippen LogP contribution in [0.25, 0.3) is 0 Å². The Bertz CT molecular complexity index is 1400. The van der Waals surface area contributed by atoms with Gasteiger partial charge in [-0.05, 0) is 55.4 Å². The molecule has 13 nitrogen and oxygen atoms in total. The summed E-state index contributed by atoms with van der Waals surface area (Å²) in [6.07, 6.45) is 1.46. The largest absolute Gasteiger partial charge is 0.370 e. The second-order valence-corrected chi connectivity index (χ2v) is 13.3. The van der Waals surface area contributed by atoms with E-state index in [9.17, 15) is 19.2 Å². The maximum absolute atomic E-state index is 13.8. The molecule has 1 aliphatic heterocycles. The molecule has 3 rings (SSSR count). The quantitative estimate of drug-likeness (QED) is 0.0765. The lowest BCUT2D eigenvalue weighted by Crippen LogP contribution is -2.52. The van der Waals surface area contributed by atoms with Gasteiger partial charge in [0.15, 0.2) is 5.96 Å². The summed E-state index contributed by atoms with van der Waals surface area (Å²) in [5, 5.41) is 9.29. The lowest BCUT2D eigenvalue weighted by atomic mass is 9.98. The van der Waals surface area contributed by atoms with Crippen LogP contribution in [-0.2, 0) is 27.3 Å². The van der Waals surface area contributed by atoms with Crippen LogP contribution in [0.5, 0.6) is 0 Å². The van der Waals surface area contributed by atoms with E-state index >= 15 is 0 Å². The third kappa shape index (κ3) is 13.1. The van der Waals surface area contributed by atoms with Gasteiger partial charge in [0.1, 0.15) is 12.1 Å². The number of piperazine rings is 1. The number of primary amides is 1. The van der Waals surface area contributed by atoms with E-state index in [-0.39, 0.29) is 49.5 Å². The number of likely N-dealkylation sites (N-methyl/N-ethyl adjacent to an activating group) is 1. The first-order valence-electron chi connectivity index (χ1n) is 17.1. The van der Waals surface area contributed by atoms with Crippen LogP contribution in [0.1, 0.15) is 67.9 Å². The monoisotopic (exact) mass is 677 g/mol. The molecule has 0 radical (unpaired) electrons. The van der Waals surface area contributed by atoms with Crippen molar-refractivity contribution in [2.24, 2.45) is 28.1 Å². The van der Waals surface area contributed by atoms with Crippen molar-refractivity contribution in [1.82, 2.24) is 25.8 Å². The van der Waals surface area contributed by atoms with Crippen LogP contribution in [-0.4, -0.2) is 96.8 Å². The Morgan fingerprint density at radius 2 is 1.69 bits per heavy atom. The molecule has 0 spiro atoms. The first kappa shape index (κ1) is 39.0. The van der Waals surface area contributed by atoms with Gasteiger partial charge in [0.2, 0.25) is 17.7 Å². The van der Waals surface area contributed by atoms with Crippen molar-refractivity contribution in [3.63, 3.8) is 0 Å². The summed E-state index contributed by atoms with van der Waals surface area (Å²) >= 11 is 0. The zero-order valence-corrected chi connectivity index (χ0v) is 29.4. The van der Waals surface area contributed by atoms with E-state index in [1.54, 1.807) is 19.2 Å². The van der Waals surface area contributed by atoms with Crippen LogP contribution in [0.2, 0.25) is 0 Å². The van der Waals surface area contributed by atoms with Crippen molar-refractivity contribution >= 4 is 29.6 Å². The summed E-state index contributed by atoms with van der Waals surface area (Å²) in [5.41, 5.74) is 19.1. The SMILES string of the molecule is CC(C)CC(CC(=O)N(C)[C@@H](Cc1ccccc1)C(N)=O)NC(=O)[C@H](CCCN=C(N)N)NC(=O)c1ccc(CN2CCNC[C@@H]2C)cc1. The molecule has 4 amide bonds. The summed E-state index contributed by atoms with van der Waals surface area (Å²) in [6, 6.07) is 14.9. The van der Waals surface area contributed by atoms with Gasteiger partial charge < -0.3 is 38.1 Å². The fourth-order valence-corrected chi connectivity index (χ4v) is 5.99. The molecule has 1 fully saturated rings. The van der Waals surface area contributed by atoms with E-state index in [0.717, 1.165) is 37.3 Å². The molecular formula is C36H55N9O4. The molecule has 1 heterocycles. The van der Waals surface area contributed by atoms with Crippen LogP contribution in [0, 0.1) is 5.92 Å². The van der Waals surface area contributed by atoms with Crippen LogP contribution in [0.4, 0.5) is 0 Å². The number of guanidine groups is 1. The smallest absolute Gasteiger partial charge is 0.251 e. The molecule has 0 aliphatic carbocycles. The Kier molecular flexibility index (Phi) is 15.5. The number of nitrogens with one attached hydrogen (secondary N) is 3. The second kappa shape index (κ2) is 19.5. The Labute approximate surface area is 290 Å². The minimum atomic E-state index is -0.901. The lowest BCUT2D eigenvalue weighted by molar-refractivity contribution is -0.138. The third-order valence-electron chi connectivity index (χ3n) is 8.79. The molecule has 2 aromatic carbocycles. The maximum Gasteiger partial charge on any atom is 0.251 e. The van der Waals surface area contributed by atoms with E-state index in [4.69, 9.17) is 17.2 Å². The number of nitrogens with two attached hydrogens (primary N) is 3. The molecule has 268 valence electrons. The number of amides is 4. The molecule has 9 N–H and O–H groups in total. The lowest BCUT2D eigenvalue weighted by Gasteiger charge is -2.33. The Morgan fingerprint density at radius 1 is 1.00 bits per heavy atom. The Hall–Kier alpha value is -4.49. The zero-order valence-electron chi connectivity index (χ0n) is 29.4. The zero-order chi connectivity index (χ0) is 35.9. The van der Waals surface area contributed by atoms with Crippen LogP contribution < -0.4 is 33.2 Å². The molecule has 49 heavy (non-hydrogen) atoms. The molecule has 0 aromatic heterocycles. The molecular weight excluding hydrogens is 622 g/mol. The van der Waals surface area contributed by atoms with Gasteiger partial charge in [0, 0.05) is 70.3 Å². The van der Waals surface area contributed by atoms with E-state index in [1.807, 2.05) is 56.3 Å². The average Bonchev–Trinajstić information content (AvgIpc) is 3.05. The average molecular weight is 678 g/mol. The Balaban J connectivity index is 1.70. The fourth-order valence-electron chi connectivity index (χ4n) is 5.99. The molecule has 0 bridgehead atoms. The highest BCUT2D eigenvalue weighted by atomic mass is 16.2. The van der Waals surface area contributed by atoms with Crippen molar-refractivity contribution in [2.75, 3.05) is 33.2 Å². The van der Waals surface area contributed by atoms with Crippen molar-refractivity contribution < 1.29 is 19.2 Å². The summed E-state index contributed by atoms with van der Waals surface area (Å²) < 4.78 is 0. The van der Waals surface area contributed by atoms with Gasteiger partial charge in [0.25, 0.3) is 5.91 Å². The number of aliphatic imine (C=N–C) groups is 1. The van der Waals surface area contributed by atoms with Gasteiger partial charge in [-0.1, -0.05) is 56.3 Å². The fraction of sp³-hybridized carbons (Fsp3) is 0.528. The van der Waals surface area contributed by atoms with Crippen molar-refractivity contribution in [3.05, 3.63) is 71.3 Å². The number of benzene rings is 2. The standard InChI is InChI=1S/C36H55N9O4/c1-24(2)19-29(21-32(46)44(4)31(33(37)47)20-26-9-6-5-7-10-26)42-35(49)30(11-8-16-41-36(38)39)43-34(48)28-14-12-27(13-15-28)23-45-18-17-40-22-25(45)3/h5-7,9-10,12-15,24-25,29-31,40H,8,11,16-23H2,1-4H3,(H2,37,47)(H,42,49)(H,43,48)(H4,38,39,41)/t25-,29?,30-,31-/m0/s1. The number of carbonyl (C=O) groups is 4. The van der Waals surface area contributed by atoms with Gasteiger partial charge in [0.05, 0.1) is 0 Å². The van der Waals surface area contributed by atoms with Crippen LogP contribution in [0.3, 0.4) is 0 Å². The van der Waals surface area contributed by atoms with Crippen molar-refractivity contribution in [3.8, 4) is 0 Å². The predicted octanol–water partition coefficient (Wildman–Crippen LogP) is 1.11. The van der Waals surface area contributed by atoms with Gasteiger partial charge in [-0.3, -0.25) is 29.1 Å². The molecule has 0 saturated carbocycles. The highest BCUT2D eigenvalue weighted by molar-refractivity contribution is 5.97. The normalized spacial score (nSPS) is 16.6. The number of carbonyl (C=O) groups excluding carboxylic acids is 4. The molecule has 1 saturated heterocycles. The van der Waals surface area contributed by atoms with Gasteiger partial charge >= 0.3 is 0 Å². The first-order valence-corrected chi connectivity index (χ1v) is 17.1. The Morgan fingerprint density at radius 3 is 2.31 bits per heavy atom. The molecule has 1 unspecified atom stereocenters. The van der Waals surface area contributed by atoms with E-state index in [0.29, 0.717) is 24.4 Å². The summed E-state index contributed by atoms with van der Waals surface area (Å²) in [5.74, 6) is -1.64. The summed E-state index contributed by atoms with van der Waals surface area (Å²) in [7, 11) is 1.55. The summed E-state index contributed by atoms with van der Waals surface area (Å²) in [6.45, 7) is 10.1. The molecule has 13 heteroatoms. The van der Waals surface area contributed by atoms with Crippen molar-refractivity contribution in [1.29, 1.82) is 0 Å². The van der Waals surface area contributed by atoms with Crippen LogP contribution in [0.15, 0.2) is 59.6 Å². The first-order chi connectivity index (χ1) is 23.3.